The molecular formula is C27H23IN2OS. The van der Waals surface area contributed by atoms with E-state index < -0.39 is 0 Å². The van der Waals surface area contributed by atoms with E-state index in [0.717, 1.165) is 15.6 Å². The Labute approximate surface area is 206 Å². The first kappa shape index (κ1) is 21.4. The largest absolute Gasteiger partial charge is 0.269 e. The third kappa shape index (κ3) is 4.25. The molecule has 1 aliphatic heterocycles. The van der Waals surface area contributed by atoms with E-state index in [4.69, 9.17) is 0 Å². The Balaban J connectivity index is 1.63. The number of nitrogens with zero attached hydrogens (tertiary/aromatic N) is 2. The van der Waals surface area contributed by atoms with E-state index in [-0.39, 0.29) is 18.0 Å². The van der Waals surface area contributed by atoms with Gasteiger partial charge < -0.3 is 0 Å². The molecule has 5 rings (SSSR count). The first-order chi connectivity index (χ1) is 15.7. The Morgan fingerprint density at radius 3 is 2.09 bits per heavy atom. The molecule has 0 radical (unpaired) electrons. The van der Waals surface area contributed by atoms with Crippen molar-refractivity contribution >= 4 is 39.8 Å². The molecule has 32 heavy (non-hydrogen) atoms. The molecule has 0 N–H and O–H groups in total. The van der Waals surface area contributed by atoms with Gasteiger partial charge in [-0.15, -0.1) is 0 Å². The number of hydrazine groups is 1. The quantitative estimate of drug-likeness (QED) is 0.248. The molecule has 2 heterocycles. The third-order valence-electron chi connectivity index (χ3n) is 5.98. The number of hydrogen-bond donors (Lipinski definition) is 0. The summed E-state index contributed by atoms with van der Waals surface area (Å²) in [5, 5.41) is 8.57. The van der Waals surface area contributed by atoms with E-state index in [1.54, 1.807) is 11.3 Å². The van der Waals surface area contributed by atoms with Gasteiger partial charge in [0.2, 0.25) is 0 Å². The molecule has 1 aliphatic rings. The van der Waals surface area contributed by atoms with Crippen LogP contribution >= 0.6 is 33.9 Å². The Morgan fingerprint density at radius 1 is 0.844 bits per heavy atom. The molecule has 160 valence electrons. The Bertz CT molecular complexity index is 1180. The van der Waals surface area contributed by atoms with Crippen LogP contribution in [-0.4, -0.2) is 15.9 Å². The summed E-state index contributed by atoms with van der Waals surface area (Å²) in [7, 11) is 0. The number of rotatable bonds is 5. The lowest BCUT2D eigenvalue weighted by Gasteiger charge is -2.35. The summed E-state index contributed by atoms with van der Waals surface area (Å²) in [5.74, 6) is 0.0533. The second-order valence-corrected chi connectivity index (χ2v) is 9.89. The minimum Gasteiger partial charge on any atom is -0.268 e. The zero-order chi connectivity index (χ0) is 21.9. The summed E-state index contributed by atoms with van der Waals surface area (Å²) in [4.78, 5) is 14.0. The molecule has 5 heteroatoms. The van der Waals surface area contributed by atoms with Gasteiger partial charge in [0.05, 0.1) is 17.6 Å². The number of amides is 1. The normalized spacial score (nSPS) is 18.7. The van der Waals surface area contributed by atoms with Crippen LogP contribution in [0.3, 0.4) is 0 Å². The topological polar surface area (TPSA) is 23.6 Å². The summed E-state index contributed by atoms with van der Waals surface area (Å²) in [6.45, 7) is 0.696. The van der Waals surface area contributed by atoms with Gasteiger partial charge in [-0.2, -0.15) is 11.3 Å². The van der Waals surface area contributed by atoms with Crippen molar-refractivity contribution < 1.29 is 4.79 Å². The van der Waals surface area contributed by atoms with Gasteiger partial charge in [0, 0.05) is 10.1 Å². The van der Waals surface area contributed by atoms with Crippen LogP contribution in [0.25, 0.3) is 0 Å². The summed E-state index contributed by atoms with van der Waals surface area (Å²) in [5.41, 5.74) is 4.38. The second-order valence-electron chi connectivity index (χ2n) is 7.95. The molecular weight excluding hydrogens is 527 g/mol. The Kier molecular flexibility index (Phi) is 6.39. The van der Waals surface area contributed by atoms with Crippen molar-refractivity contribution in [2.75, 3.05) is 0 Å². The molecule has 2 atom stereocenters. The maximum atomic E-state index is 14.0. The lowest BCUT2D eigenvalue weighted by atomic mass is 9.96. The van der Waals surface area contributed by atoms with Gasteiger partial charge >= 0.3 is 0 Å². The number of halogens is 1. The molecule has 3 nitrogen and oxygen atoms in total. The summed E-state index contributed by atoms with van der Waals surface area (Å²) in [6.07, 6.45) is 0.854. The fourth-order valence-corrected chi connectivity index (χ4v) is 5.75. The summed E-state index contributed by atoms with van der Waals surface area (Å²) in [6, 6.07) is 31.1. The Morgan fingerprint density at radius 2 is 1.47 bits per heavy atom. The smallest absolute Gasteiger partial charge is 0.268 e. The summed E-state index contributed by atoms with van der Waals surface area (Å²) < 4.78 is 0.973. The standard InChI is InChI=1S/C27H23IN2OS/c28-24-14-8-7-13-23(24)27(31)30-26(22-11-5-2-6-12-22)17-25(21-9-3-1-4-10-21)29(30)18-20-15-16-32-19-20/h1-16,19,25-26H,17-18H2/t25-,26-/m0/s1. The molecule has 1 fully saturated rings. The van der Waals surface area contributed by atoms with E-state index in [0.29, 0.717) is 6.54 Å². The van der Waals surface area contributed by atoms with Crippen LogP contribution in [0.5, 0.6) is 0 Å². The summed E-state index contributed by atoms with van der Waals surface area (Å²) >= 11 is 3.96. The molecule has 1 aromatic heterocycles. The van der Waals surface area contributed by atoms with Crippen LogP contribution < -0.4 is 0 Å². The van der Waals surface area contributed by atoms with Crippen LogP contribution in [0.2, 0.25) is 0 Å². The maximum Gasteiger partial charge on any atom is 0.269 e. The fourth-order valence-electron chi connectivity index (χ4n) is 4.47. The second kappa shape index (κ2) is 9.57. The average molecular weight is 550 g/mol. The molecule has 1 saturated heterocycles. The monoisotopic (exact) mass is 550 g/mol. The fraction of sp³-hybridized carbons (Fsp3) is 0.148. The molecule has 0 saturated carbocycles. The number of hydrogen-bond acceptors (Lipinski definition) is 3. The van der Waals surface area contributed by atoms with Crippen LogP contribution in [-0.2, 0) is 6.54 Å². The maximum absolute atomic E-state index is 14.0. The van der Waals surface area contributed by atoms with Gasteiger partial charge in [-0.1, -0.05) is 72.8 Å². The first-order valence-electron chi connectivity index (χ1n) is 10.7. The van der Waals surface area contributed by atoms with E-state index >= 15 is 0 Å². The highest BCUT2D eigenvalue weighted by molar-refractivity contribution is 14.1. The van der Waals surface area contributed by atoms with Crippen molar-refractivity contribution in [1.29, 1.82) is 0 Å². The Hall–Kier alpha value is -2.48. The molecule has 4 aromatic rings. The van der Waals surface area contributed by atoms with E-state index in [9.17, 15) is 4.79 Å². The number of thiophene rings is 1. The highest BCUT2D eigenvalue weighted by atomic mass is 127. The molecule has 0 bridgehead atoms. The van der Waals surface area contributed by atoms with Crippen LogP contribution in [0.15, 0.2) is 102 Å². The van der Waals surface area contributed by atoms with E-state index in [1.807, 2.05) is 41.4 Å². The molecule has 0 aliphatic carbocycles. The van der Waals surface area contributed by atoms with Crippen LogP contribution in [0, 0.1) is 3.57 Å². The van der Waals surface area contributed by atoms with Crippen LogP contribution in [0.4, 0.5) is 0 Å². The van der Waals surface area contributed by atoms with Gasteiger partial charge in [0.15, 0.2) is 0 Å². The molecule has 0 unspecified atom stereocenters. The van der Waals surface area contributed by atoms with Crippen molar-refractivity contribution in [2.45, 2.75) is 25.0 Å². The minimum atomic E-state index is -0.0245. The molecule has 3 aromatic carbocycles. The predicted octanol–water partition coefficient (Wildman–Crippen LogP) is 7.10. The van der Waals surface area contributed by atoms with Gasteiger partial charge in [-0.05, 0) is 74.7 Å². The van der Waals surface area contributed by atoms with Crippen molar-refractivity contribution in [2.24, 2.45) is 0 Å². The molecule has 1 amide bonds. The van der Waals surface area contributed by atoms with E-state index in [1.165, 1.54) is 16.7 Å². The predicted molar refractivity (Wildman–Crippen MR) is 138 cm³/mol. The van der Waals surface area contributed by atoms with Gasteiger partial charge in [-0.25, -0.2) is 5.01 Å². The number of carbonyl (C=O) groups excluding carboxylic acids is 1. The lowest BCUT2D eigenvalue weighted by molar-refractivity contribution is -0.0185. The molecule has 0 spiro atoms. The third-order valence-corrected chi connectivity index (χ3v) is 7.66. The highest BCUT2D eigenvalue weighted by Gasteiger charge is 2.44. The number of benzene rings is 3. The van der Waals surface area contributed by atoms with Crippen molar-refractivity contribution in [3.8, 4) is 0 Å². The van der Waals surface area contributed by atoms with Crippen molar-refractivity contribution in [3.05, 3.63) is 128 Å². The zero-order valence-corrected chi connectivity index (χ0v) is 20.4. The van der Waals surface area contributed by atoms with Gasteiger partial charge in [-0.3, -0.25) is 9.80 Å². The van der Waals surface area contributed by atoms with Crippen LogP contribution in [0.1, 0.15) is 45.6 Å². The van der Waals surface area contributed by atoms with Crippen molar-refractivity contribution in [1.82, 2.24) is 10.0 Å². The lowest BCUT2D eigenvalue weighted by Crippen LogP contribution is -2.43. The van der Waals surface area contributed by atoms with Gasteiger partial charge in [0.1, 0.15) is 0 Å². The minimum absolute atomic E-state index is 0.0245. The van der Waals surface area contributed by atoms with Gasteiger partial charge in [0.25, 0.3) is 5.91 Å². The number of carbonyl (C=O) groups is 1. The first-order valence-corrected chi connectivity index (χ1v) is 12.7. The SMILES string of the molecule is O=C(c1ccccc1I)N1[C@H](c2ccccc2)C[C@@H](c2ccccc2)N1Cc1ccsc1. The van der Waals surface area contributed by atoms with E-state index in [2.05, 4.69) is 93.0 Å². The average Bonchev–Trinajstić information content (AvgIpc) is 3.49. The zero-order valence-electron chi connectivity index (χ0n) is 17.5. The highest BCUT2D eigenvalue weighted by Crippen LogP contribution is 2.45. The van der Waals surface area contributed by atoms with Crippen molar-refractivity contribution in [3.63, 3.8) is 0 Å².